The number of aromatic nitrogens is 2. The van der Waals surface area contributed by atoms with Gasteiger partial charge in [-0.15, -0.1) is 0 Å². The Kier molecular flexibility index (Phi) is 1.50. The number of aryl methyl sites for hydroxylation is 1. The van der Waals surface area contributed by atoms with Crippen molar-refractivity contribution in [2.75, 3.05) is 0 Å². The number of nitrogens with zero attached hydrogens (tertiary/aromatic N) is 1. The van der Waals surface area contributed by atoms with Crippen molar-refractivity contribution in [3.8, 4) is 0 Å². The maximum atomic E-state index is 11.3. The molecule has 0 amide bonds. The maximum absolute atomic E-state index is 11.3. The van der Waals surface area contributed by atoms with Crippen LogP contribution in [0.2, 0.25) is 0 Å². The number of hydrogen-bond donors (Lipinski definition) is 1. The molecule has 1 heterocycles. The molecule has 0 saturated heterocycles. The fourth-order valence-electron chi connectivity index (χ4n) is 1.42. The third-order valence-electron chi connectivity index (χ3n) is 2.00. The van der Waals surface area contributed by atoms with E-state index in [2.05, 4.69) is 4.98 Å². The van der Waals surface area contributed by atoms with E-state index in [1.165, 1.54) is 0 Å². The zero-order chi connectivity index (χ0) is 8.55. The van der Waals surface area contributed by atoms with Gasteiger partial charge in [-0.2, -0.15) is 0 Å². The molecule has 3 heteroatoms. The summed E-state index contributed by atoms with van der Waals surface area (Å²) in [7, 11) is 0. The minimum Gasteiger partial charge on any atom is -0.306 e. The highest BCUT2D eigenvalue weighted by Crippen LogP contribution is 2.07. The van der Waals surface area contributed by atoms with Crippen molar-refractivity contribution in [1.29, 1.82) is 0 Å². The lowest BCUT2D eigenvalue weighted by Gasteiger charge is -1.95. The Labute approximate surface area is 71.1 Å². The Morgan fingerprint density at radius 3 is 3.00 bits per heavy atom. The Morgan fingerprint density at radius 1 is 1.50 bits per heavy atom. The van der Waals surface area contributed by atoms with Crippen LogP contribution in [0.4, 0.5) is 0 Å². The molecular weight excluding hydrogens is 152 g/mol. The Balaban J connectivity index is 0.000000845. The molecule has 64 valence electrons. The maximum Gasteiger partial charge on any atom is 0.326 e. The van der Waals surface area contributed by atoms with Gasteiger partial charge in [0.15, 0.2) is 0 Å². The number of H-pyrrole nitrogens is 1. The predicted molar refractivity (Wildman–Crippen MR) is 50.3 cm³/mol. The first-order chi connectivity index (χ1) is 5.83. The summed E-state index contributed by atoms with van der Waals surface area (Å²) in [5.74, 6) is 0. The topological polar surface area (TPSA) is 37.8 Å². The van der Waals surface area contributed by atoms with E-state index in [0.717, 1.165) is 11.0 Å². The largest absolute Gasteiger partial charge is 0.326 e. The van der Waals surface area contributed by atoms with Gasteiger partial charge in [0.2, 0.25) is 0 Å². The molecule has 0 radical (unpaired) electrons. The molecule has 0 saturated carbocycles. The summed E-state index contributed by atoms with van der Waals surface area (Å²) in [6.45, 7) is 2.67. The van der Waals surface area contributed by atoms with Crippen LogP contribution in [0.25, 0.3) is 11.0 Å². The lowest BCUT2D eigenvalue weighted by molar-refractivity contribution is 0.753. The molecule has 0 aliphatic carbocycles. The van der Waals surface area contributed by atoms with Gasteiger partial charge in [-0.05, 0) is 19.1 Å². The van der Waals surface area contributed by atoms with Crippen LogP contribution in [0.3, 0.4) is 0 Å². The van der Waals surface area contributed by atoms with Crippen molar-refractivity contribution in [3.05, 3.63) is 34.7 Å². The van der Waals surface area contributed by atoms with Gasteiger partial charge in [-0.3, -0.25) is 4.57 Å². The van der Waals surface area contributed by atoms with Gasteiger partial charge in [0.25, 0.3) is 0 Å². The van der Waals surface area contributed by atoms with Crippen molar-refractivity contribution in [2.45, 2.75) is 13.5 Å². The second-order valence-electron chi connectivity index (χ2n) is 2.69. The molecule has 1 N–H and O–H groups in total. The average Bonchev–Trinajstić information content (AvgIpc) is 2.40. The quantitative estimate of drug-likeness (QED) is 0.683. The van der Waals surface area contributed by atoms with Crippen molar-refractivity contribution >= 4 is 11.0 Å². The van der Waals surface area contributed by atoms with Crippen LogP contribution in [0, 0.1) is 0 Å². The molecule has 0 aliphatic rings. The number of nitrogens with one attached hydrogen (secondary N) is 1. The monoisotopic (exact) mass is 164 g/mol. The lowest BCUT2D eigenvalue weighted by Crippen LogP contribution is -2.14. The first-order valence-corrected chi connectivity index (χ1v) is 4.00. The van der Waals surface area contributed by atoms with Crippen LogP contribution >= 0.6 is 0 Å². The highest BCUT2D eigenvalue weighted by Gasteiger charge is 2.01. The molecular formula is C9H12N2O. The van der Waals surface area contributed by atoms with Gasteiger partial charge < -0.3 is 4.98 Å². The van der Waals surface area contributed by atoms with E-state index in [9.17, 15) is 4.79 Å². The second kappa shape index (κ2) is 2.52. The van der Waals surface area contributed by atoms with E-state index in [1.54, 1.807) is 4.57 Å². The molecule has 0 spiro atoms. The van der Waals surface area contributed by atoms with E-state index < -0.39 is 0 Å². The fourth-order valence-corrected chi connectivity index (χ4v) is 1.42. The highest BCUT2D eigenvalue weighted by molar-refractivity contribution is 5.74. The zero-order valence-electron chi connectivity index (χ0n) is 6.87. The molecule has 2 rings (SSSR count). The molecule has 3 nitrogen and oxygen atoms in total. The van der Waals surface area contributed by atoms with Gasteiger partial charge >= 0.3 is 5.69 Å². The molecule has 0 unspecified atom stereocenters. The normalized spacial score (nSPS) is 10.8. The minimum atomic E-state index is -0.0290. The van der Waals surface area contributed by atoms with E-state index in [-0.39, 0.29) is 7.12 Å². The number of fused-ring (bicyclic) bond motifs is 1. The number of para-hydroxylation sites is 2. The molecule has 0 bridgehead atoms. The summed E-state index contributed by atoms with van der Waals surface area (Å²) in [6, 6.07) is 7.69. The number of rotatable bonds is 1. The predicted octanol–water partition coefficient (Wildman–Crippen LogP) is 1.60. The van der Waals surface area contributed by atoms with Crippen LogP contribution < -0.4 is 5.69 Å². The van der Waals surface area contributed by atoms with Gasteiger partial charge in [0.1, 0.15) is 0 Å². The van der Waals surface area contributed by atoms with Gasteiger partial charge in [0, 0.05) is 7.97 Å². The van der Waals surface area contributed by atoms with E-state index in [0.29, 0.717) is 6.54 Å². The zero-order valence-corrected chi connectivity index (χ0v) is 6.87. The fraction of sp³-hybridized carbons (Fsp3) is 0.222. The molecule has 2 aromatic rings. The Bertz CT molecular complexity index is 458. The molecule has 1 aromatic carbocycles. The number of aromatic amines is 1. The van der Waals surface area contributed by atoms with Gasteiger partial charge in [0.05, 0.1) is 11.0 Å². The van der Waals surface area contributed by atoms with Crippen molar-refractivity contribution in [2.24, 2.45) is 0 Å². The minimum absolute atomic E-state index is 0. The summed E-state index contributed by atoms with van der Waals surface area (Å²) in [6.07, 6.45) is 0. The SMILES string of the molecule is CCn1c(=O)[nH]c2ccccc21.[HH]. The molecule has 1 aromatic heterocycles. The number of hydrogen-bond acceptors (Lipinski definition) is 1. The first kappa shape index (κ1) is 7.16. The Morgan fingerprint density at radius 2 is 2.25 bits per heavy atom. The van der Waals surface area contributed by atoms with Crippen molar-refractivity contribution < 1.29 is 1.43 Å². The van der Waals surface area contributed by atoms with Crippen LogP contribution in [0.5, 0.6) is 0 Å². The first-order valence-electron chi connectivity index (χ1n) is 4.00. The molecule has 0 aliphatic heterocycles. The number of benzene rings is 1. The van der Waals surface area contributed by atoms with E-state index >= 15 is 0 Å². The van der Waals surface area contributed by atoms with Crippen molar-refractivity contribution in [1.82, 2.24) is 9.55 Å². The van der Waals surface area contributed by atoms with Crippen LogP contribution in [-0.4, -0.2) is 9.55 Å². The number of imidazole rings is 1. The van der Waals surface area contributed by atoms with E-state index in [4.69, 9.17) is 0 Å². The summed E-state index contributed by atoms with van der Waals surface area (Å²) < 4.78 is 1.72. The summed E-state index contributed by atoms with van der Waals surface area (Å²) in [4.78, 5) is 14.1. The van der Waals surface area contributed by atoms with Gasteiger partial charge in [-0.1, -0.05) is 12.1 Å². The van der Waals surface area contributed by atoms with Crippen LogP contribution in [0.1, 0.15) is 8.35 Å². The summed E-state index contributed by atoms with van der Waals surface area (Å²) >= 11 is 0. The van der Waals surface area contributed by atoms with Crippen LogP contribution in [-0.2, 0) is 6.54 Å². The highest BCUT2D eigenvalue weighted by atomic mass is 16.1. The summed E-state index contributed by atoms with van der Waals surface area (Å²) in [5.41, 5.74) is 1.85. The van der Waals surface area contributed by atoms with E-state index in [1.807, 2.05) is 31.2 Å². The molecule has 0 fully saturated rings. The smallest absolute Gasteiger partial charge is 0.306 e. The third kappa shape index (κ3) is 0.863. The standard InChI is InChI=1S/C9H10N2O.H2/c1-2-11-8-6-4-3-5-7(8)10-9(11)12;/h3-6H,2H2,1H3,(H,10,12);1H. The molecule has 0 atom stereocenters. The average molecular weight is 164 g/mol. The summed E-state index contributed by atoms with van der Waals surface area (Å²) in [5, 5.41) is 0. The Hall–Kier alpha value is -1.51. The van der Waals surface area contributed by atoms with Crippen LogP contribution in [0.15, 0.2) is 29.1 Å². The lowest BCUT2D eigenvalue weighted by atomic mass is 10.3. The van der Waals surface area contributed by atoms with Gasteiger partial charge in [-0.25, -0.2) is 4.79 Å². The van der Waals surface area contributed by atoms with Crippen molar-refractivity contribution in [3.63, 3.8) is 0 Å². The third-order valence-corrected chi connectivity index (χ3v) is 2.00. The molecule has 12 heavy (non-hydrogen) atoms. The second-order valence-corrected chi connectivity index (χ2v) is 2.69.